The first-order chi connectivity index (χ1) is 15.2. The molecule has 0 bridgehead atoms. The average molecular weight is 433 g/mol. The lowest BCUT2D eigenvalue weighted by Crippen LogP contribution is -2.42. The maximum Gasteiger partial charge on any atom is 0.282 e. The zero-order valence-electron chi connectivity index (χ0n) is 19.6. The highest BCUT2D eigenvalue weighted by Gasteiger charge is 2.43. The van der Waals surface area contributed by atoms with E-state index in [2.05, 4.69) is 18.7 Å². The molecule has 2 heterocycles. The van der Waals surface area contributed by atoms with Gasteiger partial charge >= 0.3 is 0 Å². The highest BCUT2D eigenvalue weighted by molar-refractivity contribution is 6.45. The molecule has 0 N–H and O–H groups in total. The number of nitrogens with zero attached hydrogens (tertiary/aromatic N) is 2. The van der Waals surface area contributed by atoms with E-state index < -0.39 is 0 Å². The molecule has 2 aliphatic rings. The number of carbonyl (C=O) groups is 2. The molecule has 5 nitrogen and oxygen atoms in total. The molecule has 1 fully saturated rings. The normalized spacial score (nSPS) is 21.7. The first kappa shape index (κ1) is 22.1. The lowest BCUT2D eigenvalue weighted by molar-refractivity contribution is -0.120. The molecule has 0 aliphatic carbocycles. The number of amides is 2. The highest BCUT2D eigenvalue weighted by atomic mass is 16.5. The van der Waals surface area contributed by atoms with Crippen LogP contribution >= 0.6 is 0 Å². The minimum atomic E-state index is -0.266. The Labute approximate surface area is 190 Å². The van der Waals surface area contributed by atoms with Crippen LogP contribution in [0.1, 0.15) is 45.2 Å². The monoisotopic (exact) mass is 432 g/mol. The molecule has 2 atom stereocenters. The number of ether oxygens (including phenoxy) is 1. The first-order valence-electron chi connectivity index (χ1n) is 11.5. The van der Waals surface area contributed by atoms with Gasteiger partial charge in [-0.15, -0.1) is 0 Å². The van der Waals surface area contributed by atoms with Crippen LogP contribution in [0.4, 0.5) is 5.69 Å². The predicted molar refractivity (Wildman–Crippen MR) is 127 cm³/mol. The molecule has 168 valence electrons. The third-order valence-corrected chi connectivity index (χ3v) is 6.05. The van der Waals surface area contributed by atoms with Crippen LogP contribution in [0.15, 0.2) is 54.2 Å². The number of anilines is 1. The maximum atomic E-state index is 13.7. The molecule has 5 heteroatoms. The van der Waals surface area contributed by atoms with Gasteiger partial charge in [0.2, 0.25) is 0 Å². The van der Waals surface area contributed by atoms with Gasteiger partial charge in [-0.2, -0.15) is 0 Å². The van der Waals surface area contributed by atoms with Gasteiger partial charge in [0.05, 0.1) is 17.4 Å². The standard InChI is InChI=1S/C27H32N2O3/c1-17(2)32-23-12-8-21(9-13-23)24-25(28-15-19(4)14-20(5)16-28)27(31)29(26(24)30)22-10-6-18(3)7-11-22/h6-13,17,19-20H,14-16H2,1-5H3. The molecule has 2 aromatic rings. The smallest absolute Gasteiger partial charge is 0.282 e. The summed E-state index contributed by atoms with van der Waals surface area (Å²) < 4.78 is 5.76. The lowest BCUT2D eigenvalue weighted by atomic mass is 9.91. The summed E-state index contributed by atoms with van der Waals surface area (Å²) in [5.41, 5.74) is 3.44. The molecule has 0 aromatic heterocycles. The van der Waals surface area contributed by atoms with Crippen molar-refractivity contribution in [3.8, 4) is 5.75 Å². The number of aryl methyl sites for hydroxylation is 1. The molecule has 2 unspecified atom stereocenters. The Bertz CT molecular complexity index is 1030. The van der Waals surface area contributed by atoms with E-state index in [0.29, 0.717) is 28.8 Å². The Morgan fingerprint density at radius 2 is 1.47 bits per heavy atom. The van der Waals surface area contributed by atoms with E-state index in [1.54, 1.807) is 0 Å². The predicted octanol–water partition coefficient (Wildman–Crippen LogP) is 5.04. The van der Waals surface area contributed by atoms with E-state index in [9.17, 15) is 9.59 Å². The molecule has 0 radical (unpaired) electrons. The molecule has 2 aromatic carbocycles. The van der Waals surface area contributed by atoms with Crippen LogP contribution in [-0.2, 0) is 9.59 Å². The van der Waals surface area contributed by atoms with Gasteiger partial charge < -0.3 is 9.64 Å². The zero-order chi connectivity index (χ0) is 23.0. The quantitative estimate of drug-likeness (QED) is 0.621. The van der Waals surface area contributed by atoms with Crippen molar-refractivity contribution in [2.45, 2.75) is 47.1 Å². The minimum Gasteiger partial charge on any atom is -0.491 e. The summed E-state index contributed by atoms with van der Waals surface area (Å²) in [6, 6.07) is 15.0. The number of piperidine rings is 1. The van der Waals surface area contributed by atoms with E-state index in [-0.39, 0.29) is 17.9 Å². The maximum absolute atomic E-state index is 13.7. The molecule has 2 aliphatic heterocycles. The minimum absolute atomic E-state index is 0.0682. The summed E-state index contributed by atoms with van der Waals surface area (Å²) in [7, 11) is 0. The summed E-state index contributed by atoms with van der Waals surface area (Å²) in [4.78, 5) is 30.8. The fraction of sp³-hybridized carbons (Fsp3) is 0.407. The Balaban J connectivity index is 1.78. The number of benzene rings is 2. The Morgan fingerprint density at radius 1 is 0.875 bits per heavy atom. The van der Waals surface area contributed by atoms with Crippen LogP contribution in [0.5, 0.6) is 5.75 Å². The van der Waals surface area contributed by atoms with Crippen molar-refractivity contribution in [3.05, 3.63) is 65.4 Å². The second kappa shape index (κ2) is 8.81. The fourth-order valence-electron chi connectivity index (χ4n) is 4.82. The van der Waals surface area contributed by atoms with Gasteiger partial charge in [0.25, 0.3) is 11.8 Å². The van der Waals surface area contributed by atoms with E-state index in [1.165, 1.54) is 4.90 Å². The number of hydrogen-bond donors (Lipinski definition) is 0. The average Bonchev–Trinajstić information content (AvgIpc) is 2.98. The third-order valence-electron chi connectivity index (χ3n) is 6.05. The van der Waals surface area contributed by atoms with E-state index in [4.69, 9.17) is 4.74 Å². The summed E-state index contributed by atoms with van der Waals surface area (Å²) in [6.45, 7) is 11.9. The van der Waals surface area contributed by atoms with Crippen molar-refractivity contribution in [1.82, 2.24) is 4.90 Å². The van der Waals surface area contributed by atoms with Crippen molar-refractivity contribution in [1.29, 1.82) is 0 Å². The molecule has 1 saturated heterocycles. The van der Waals surface area contributed by atoms with E-state index in [0.717, 1.165) is 36.4 Å². The summed E-state index contributed by atoms with van der Waals surface area (Å²) in [6.07, 6.45) is 1.20. The van der Waals surface area contributed by atoms with Crippen LogP contribution in [-0.4, -0.2) is 35.9 Å². The Hall–Kier alpha value is -3.08. The van der Waals surface area contributed by atoms with Crippen LogP contribution in [0.2, 0.25) is 0 Å². The summed E-state index contributed by atoms with van der Waals surface area (Å²) >= 11 is 0. The first-order valence-corrected chi connectivity index (χ1v) is 11.5. The highest BCUT2D eigenvalue weighted by Crippen LogP contribution is 2.37. The molecule has 0 saturated carbocycles. The molecule has 2 amide bonds. The van der Waals surface area contributed by atoms with Crippen LogP contribution in [0.25, 0.3) is 5.57 Å². The molecule has 0 spiro atoms. The van der Waals surface area contributed by atoms with Gasteiger partial charge in [-0.3, -0.25) is 9.59 Å². The second-order valence-electron chi connectivity index (χ2n) is 9.55. The van der Waals surface area contributed by atoms with Crippen molar-refractivity contribution < 1.29 is 14.3 Å². The second-order valence-corrected chi connectivity index (χ2v) is 9.55. The van der Waals surface area contributed by atoms with Crippen molar-refractivity contribution in [3.63, 3.8) is 0 Å². The molecular formula is C27H32N2O3. The molecule has 32 heavy (non-hydrogen) atoms. The summed E-state index contributed by atoms with van der Waals surface area (Å²) in [5.74, 6) is 1.17. The van der Waals surface area contributed by atoms with Crippen molar-refractivity contribution in [2.75, 3.05) is 18.0 Å². The van der Waals surface area contributed by atoms with Gasteiger partial charge in [-0.05, 0) is 68.9 Å². The van der Waals surface area contributed by atoms with Gasteiger partial charge in [0.1, 0.15) is 11.4 Å². The van der Waals surface area contributed by atoms with E-state index >= 15 is 0 Å². The third kappa shape index (κ3) is 4.29. The number of imide groups is 1. The van der Waals surface area contributed by atoms with Gasteiger partial charge in [-0.25, -0.2) is 4.90 Å². The van der Waals surface area contributed by atoms with Crippen LogP contribution in [0, 0.1) is 18.8 Å². The van der Waals surface area contributed by atoms with Gasteiger partial charge in [-0.1, -0.05) is 43.7 Å². The topological polar surface area (TPSA) is 49.9 Å². The number of hydrogen-bond acceptors (Lipinski definition) is 4. The molecular weight excluding hydrogens is 400 g/mol. The lowest BCUT2D eigenvalue weighted by Gasteiger charge is -2.37. The zero-order valence-corrected chi connectivity index (χ0v) is 19.6. The van der Waals surface area contributed by atoms with Crippen molar-refractivity contribution in [2.24, 2.45) is 11.8 Å². The molecule has 4 rings (SSSR count). The Kier molecular flexibility index (Phi) is 6.09. The fourth-order valence-corrected chi connectivity index (χ4v) is 4.82. The summed E-state index contributed by atoms with van der Waals surface area (Å²) in [5, 5.41) is 0. The number of likely N-dealkylation sites (tertiary alicyclic amines) is 1. The van der Waals surface area contributed by atoms with E-state index in [1.807, 2.05) is 69.3 Å². The number of rotatable bonds is 5. The van der Waals surface area contributed by atoms with Crippen molar-refractivity contribution >= 4 is 23.1 Å². The van der Waals surface area contributed by atoms with Crippen LogP contribution in [0.3, 0.4) is 0 Å². The van der Waals surface area contributed by atoms with Crippen LogP contribution < -0.4 is 9.64 Å². The van der Waals surface area contributed by atoms with Gasteiger partial charge in [0, 0.05) is 13.1 Å². The SMILES string of the molecule is Cc1ccc(N2C(=O)C(c3ccc(OC(C)C)cc3)=C(N3CC(C)CC(C)C3)C2=O)cc1. The van der Waals surface area contributed by atoms with Gasteiger partial charge in [0.15, 0.2) is 0 Å². The largest absolute Gasteiger partial charge is 0.491 e. The Morgan fingerprint density at radius 3 is 2.03 bits per heavy atom. The number of carbonyl (C=O) groups excluding carboxylic acids is 2.